The summed E-state index contributed by atoms with van der Waals surface area (Å²) in [7, 11) is 3.26. The number of carbonyl (C=O) groups excluding carboxylic acids is 1. The largest absolute Gasteiger partial charge is 0.383 e. The molecule has 1 N–H and O–H groups in total. The van der Waals surface area contributed by atoms with Crippen molar-refractivity contribution < 1.29 is 18.3 Å². The van der Waals surface area contributed by atoms with Gasteiger partial charge in [0.15, 0.2) is 0 Å². The Bertz CT molecular complexity index is 197. The van der Waals surface area contributed by atoms with Crippen molar-refractivity contribution in [2.24, 2.45) is 0 Å². The molecule has 0 bridgehead atoms. The molecule has 0 aromatic heterocycles. The lowest BCUT2D eigenvalue weighted by molar-refractivity contribution is -0.133. The predicted octanol–water partition coefficient (Wildman–Crippen LogP) is 1.15. The van der Waals surface area contributed by atoms with Gasteiger partial charge in [0.25, 0.3) is 6.43 Å². The molecule has 0 unspecified atom stereocenters. The fourth-order valence-corrected chi connectivity index (χ4v) is 1.26. The highest BCUT2D eigenvalue weighted by Gasteiger charge is 2.17. The van der Waals surface area contributed by atoms with Crippen molar-refractivity contribution in [2.75, 3.05) is 40.4 Å². The summed E-state index contributed by atoms with van der Waals surface area (Å²) in [6, 6.07) is 0. The monoisotopic (exact) mass is 274 g/mol. The lowest BCUT2D eigenvalue weighted by Crippen LogP contribution is -2.37. The molecular formula is C10H21ClF2N2O2. The first-order valence-corrected chi connectivity index (χ1v) is 5.31. The van der Waals surface area contributed by atoms with E-state index < -0.39 is 13.0 Å². The number of rotatable bonds is 9. The predicted molar refractivity (Wildman–Crippen MR) is 64.9 cm³/mol. The minimum absolute atomic E-state index is 0. The van der Waals surface area contributed by atoms with Crippen LogP contribution in [0.3, 0.4) is 0 Å². The van der Waals surface area contributed by atoms with E-state index in [-0.39, 0.29) is 37.9 Å². The molecule has 0 saturated heterocycles. The van der Waals surface area contributed by atoms with Gasteiger partial charge in [0, 0.05) is 20.1 Å². The van der Waals surface area contributed by atoms with E-state index in [0.29, 0.717) is 13.0 Å². The van der Waals surface area contributed by atoms with Gasteiger partial charge in [-0.2, -0.15) is 0 Å². The maximum Gasteiger partial charge on any atom is 0.255 e. The molecule has 4 nitrogen and oxygen atoms in total. The number of hydrogen-bond donors (Lipinski definition) is 1. The van der Waals surface area contributed by atoms with Crippen LogP contribution >= 0.6 is 12.4 Å². The smallest absolute Gasteiger partial charge is 0.255 e. The quantitative estimate of drug-likeness (QED) is 0.642. The van der Waals surface area contributed by atoms with Crippen molar-refractivity contribution in [3.63, 3.8) is 0 Å². The summed E-state index contributed by atoms with van der Waals surface area (Å²) in [5.41, 5.74) is 0. The summed E-state index contributed by atoms with van der Waals surface area (Å²) in [5.74, 6) is -0.243. The third-order valence-corrected chi connectivity index (χ3v) is 2.09. The van der Waals surface area contributed by atoms with Crippen LogP contribution in [0.15, 0.2) is 0 Å². The number of nitrogens with one attached hydrogen (secondary N) is 1. The first-order valence-electron chi connectivity index (χ1n) is 5.31. The molecule has 17 heavy (non-hydrogen) atoms. The van der Waals surface area contributed by atoms with Crippen molar-refractivity contribution in [2.45, 2.75) is 19.3 Å². The lowest BCUT2D eigenvalue weighted by Gasteiger charge is -2.21. The maximum atomic E-state index is 12.2. The standard InChI is InChI=1S/C10H20F2N2O2.ClH/c1-13-5-3-4-10(15)14(6-7-16-2)8-9(11)12;/h9,13H,3-8H2,1-2H3;1H. The first-order chi connectivity index (χ1) is 7.61. The molecule has 0 aromatic rings. The second-order valence-electron chi connectivity index (χ2n) is 3.43. The van der Waals surface area contributed by atoms with Crippen LogP contribution in [0.2, 0.25) is 0 Å². The average Bonchev–Trinajstić information content (AvgIpc) is 2.23. The average molecular weight is 275 g/mol. The Kier molecular flexibility index (Phi) is 13.3. The molecule has 0 fully saturated rings. The van der Waals surface area contributed by atoms with Crippen LogP contribution in [-0.2, 0) is 9.53 Å². The Labute approximate surface area is 107 Å². The van der Waals surface area contributed by atoms with Gasteiger partial charge in [-0.1, -0.05) is 0 Å². The number of nitrogens with zero attached hydrogens (tertiary/aromatic N) is 1. The van der Waals surface area contributed by atoms with E-state index in [9.17, 15) is 13.6 Å². The van der Waals surface area contributed by atoms with Crippen molar-refractivity contribution >= 4 is 18.3 Å². The van der Waals surface area contributed by atoms with Crippen molar-refractivity contribution in [3.8, 4) is 0 Å². The molecule has 0 saturated carbocycles. The molecule has 0 spiro atoms. The van der Waals surface area contributed by atoms with E-state index in [1.165, 1.54) is 7.11 Å². The summed E-state index contributed by atoms with van der Waals surface area (Å²) < 4.78 is 29.2. The molecule has 0 aliphatic carbocycles. The number of halogens is 3. The van der Waals surface area contributed by atoms with Crippen molar-refractivity contribution in [3.05, 3.63) is 0 Å². The van der Waals surface area contributed by atoms with Gasteiger partial charge in [-0.05, 0) is 20.0 Å². The van der Waals surface area contributed by atoms with Gasteiger partial charge in [0.2, 0.25) is 5.91 Å². The van der Waals surface area contributed by atoms with Gasteiger partial charge in [0.05, 0.1) is 13.2 Å². The number of hydrogen-bond acceptors (Lipinski definition) is 3. The van der Waals surface area contributed by atoms with Gasteiger partial charge in [0.1, 0.15) is 0 Å². The molecule has 0 aliphatic rings. The highest BCUT2D eigenvalue weighted by atomic mass is 35.5. The Morgan fingerprint density at radius 1 is 1.47 bits per heavy atom. The van der Waals surface area contributed by atoms with Gasteiger partial charge in [-0.15, -0.1) is 12.4 Å². The Morgan fingerprint density at radius 3 is 2.59 bits per heavy atom. The van der Waals surface area contributed by atoms with Gasteiger partial charge >= 0.3 is 0 Å². The summed E-state index contributed by atoms with van der Waals surface area (Å²) in [5, 5.41) is 2.90. The van der Waals surface area contributed by atoms with Crippen LogP contribution in [0.25, 0.3) is 0 Å². The third-order valence-electron chi connectivity index (χ3n) is 2.09. The van der Waals surface area contributed by atoms with Gasteiger partial charge < -0.3 is 15.0 Å². The van der Waals surface area contributed by atoms with Gasteiger partial charge in [-0.3, -0.25) is 4.79 Å². The topological polar surface area (TPSA) is 41.6 Å². The third kappa shape index (κ3) is 10.4. The second-order valence-corrected chi connectivity index (χ2v) is 3.43. The summed E-state index contributed by atoms with van der Waals surface area (Å²) in [6.07, 6.45) is -1.55. The van der Waals surface area contributed by atoms with E-state index >= 15 is 0 Å². The molecule has 7 heteroatoms. The van der Waals surface area contributed by atoms with E-state index in [2.05, 4.69) is 5.32 Å². The zero-order valence-corrected chi connectivity index (χ0v) is 11.1. The van der Waals surface area contributed by atoms with Crippen LogP contribution in [0.1, 0.15) is 12.8 Å². The molecule has 0 aliphatic heterocycles. The fraction of sp³-hybridized carbons (Fsp3) is 0.900. The Morgan fingerprint density at radius 2 is 2.12 bits per heavy atom. The zero-order chi connectivity index (χ0) is 12.4. The van der Waals surface area contributed by atoms with E-state index in [4.69, 9.17) is 4.74 Å². The molecule has 0 heterocycles. The van der Waals surface area contributed by atoms with Crippen LogP contribution in [0.4, 0.5) is 8.78 Å². The number of amides is 1. The van der Waals surface area contributed by atoms with Gasteiger partial charge in [-0.25, -0.2) is 8.78 Å². The second kappa shape index (κ2) is 12.0. The fourth-order valence-electron chi connectivity index (χ4n) is 1.26. The Hall–Kier alpha value is -0.460. The molecule has 1 amide bonds. The zero-order valence-electron chi connectivity index (χ0n) is 10.2. The van der Waals surface area contributed by atoms with Crippen LogP contribution in [0, 0.1) is 0 Å². The van der Waals surface area contributed by atoms with E-state index in [1.807, 2.05) is 0 Å². The lowest BCUT2D eigenvalue weighted by atomic mass is 10.2. The SMILES string of the molecule is CNCCCC(=O)N(CCOC)CC(F)F.Cl. The maximum absolute atomic E-state index is 12.2. The van der Waals surface area contributed by atoms with Crippen LogP contribution in [0.5, 0.6) is 0 Å². The summed E-state index contributed by atoms with van der Waals surface area (Å²) in [6.45, 7) is 0.698. The molecule has 0 aromatic carbocycles. The molecular weight excluding hydrogens is 254 g/mol. The molecule has 104 valence electrons. The number of ether oxygens (including phenoxy) is 1. The minimum Gasteiger partial charge on any atom is -0.383 e. The summed E-state index contributed by atoms with van der Waals surface area (Å²) >= 11 is 0. The van der Waals surface area contributed by atoms with E-state index in [0.717, 1.165) is 4.90 Å². The number of alkyl halides is 2. The summed E-state index contributed by atoms with van der Waals surface area (Å²) in [4.78, 5) is 12.7. The van der Waals surface area contributed by atoms with Crippen molar-refractivity contribution in [1.82, 2.24) is 10.2 Å². The Balaban J connectivity index is 0. The number of carbonyl (C=O) groups is 1. The van der Waals surface area contributed by atoms with E-state index in [1.54, 1.807) is 7.05 Å². The van der Waals surface area contributed by atoms with Crippen LogP contribution < -0.4 is 5.32 Å². The highest BCUT2D eigenvalue weighted by molar-refractivity contribution is 5.85. The van der Waals surface area contributed by atoms with Crippen LogP contribution in [-0.4, -0.2) is 57.6 Å². The highest BCUT2D eigenvalue weighted by Crippen LogP contribution is 2.02. The molecule has 0 radical (unpaired) electrons. The van der Waals surface area contributed by atoms with Crippen molar-refractivity contribution in [1.29, 1.82) is 0 Å². The minimum atomic E-state index is -2.50. The molecule has 0 rings (SSSR count). The normalized spacial score (nSPS) is 10.2. The first kappa shape index (κ1) is 18.9. The number of methoxy groups -OCH3 is 1. The molecule has 0 atom stereocenters.